The summed E-state index contributed by atoms with van der Waals surface area (Å²) in [7, 11) is 0. The quantitative estimate of drug-likeness (QED) is 0.514. The first-order valence-electron chi connectivity index (χ1n) is 9.08. The molecule has 4 nitrogen and oxygen atoms in total. The third-order valence-electron chi connectivity index (χ3n) is 4.75. The highest BCUT2D eigenvalue weighted by molar-refractivity contribution is 4.89. The SMILES string of the molecule is CCN(CC)C(N(CC)CC)(N(CC)CC)N(CC)CC. The molecule has 0 spiro atoms. The average Bonchev–Trinajstić information content (AvgIpc) is 2.51. The van der Waals surface area contributed by atoms with Gasteiger partial charge in [0.2, 0.25) is 0 Å². The first-order chi connectivity index (χ1) is 10.1. The third kappa shape index (κ3) is 3.98. The molecule has 128 valence electrons. The monoisotopic (exact) mass is 300 g/mol. The standard InChI is InChI=1S/C17H40N4/c1-9-18(10-2)17(19(11-3)12-4,20(13-5)14-6)21(15-7)16-8/h9-16H2,1-8H3. The molecule has 0 aromatic heterocycles. The number of nitrogens with zero attached hydrogens (tertiary/aromatic N) is 4. The summed E-state index contributed by atoms with van der Waals surface area (Å²) in [6.07, 6.45) is 0. The summed E-state index contributed by atoms with van der Waals surface area (Å²) in [5, 5.41) is 0. The molecule has 0 bridgehead atoms. The van der Waals surface area contributed by atoms with Gasteiger partial charge < -0.3 is 0 Å². The fourth-order valence-electron chi connectivity index (χ4n) is 3.79. The summed E-state index contributed by atoms with van der Waals surface area (Å²) in [6, 6.07) is 0. The van der Waals surface area contributed by atoms with Crippen LogP contribution >= 0.6 is 0 Å². The van der Waals surface area contributed by atoms with Crippen molar-refractivity contribution in [3.05, 3.63) is 0 Å². The molecule has 0 aliphatic heterocycles. The van der Waals surface area contributed by atoms with E-state index < -0.39 is 0 Å². The van der Waals surface area contributed by atoms with Crippen molar-refractivity contribution in [1.82, 2.24) is 19.6 Å². The van der Waals surface area contributed by atoms with Crippen molar-refractivity contribution in [2.45, 2.75) is 61.3 Å². The summed E-state index contributed by atoms with van der Waals surface area (Å²) < 4.78 is 0. The van der Waals surface area contributed by atoms with E-state index in [1.807, 2.05) is 0 Å². The zero-order valence-corrected chi connectivity index (χ0v) is 15.9. The predicted octanol–water partition coefficient (Wildman–Crippen LogP) is 2.96. The molecule has 0 aliphatic rings. The molecule has 0 rings (SSSR count). The van der Waals surface area contributed by atoms with Crippen molar-refractivity contribution in [1.29, 1.82) is 0 Å². The topological polar surface area (TPSA) is 13.0 Å². The molecule has 0 aromatic carbocycles. The Morgan fingerprint density at radius 1 is 0.381 bits per heavy atom. The van der Waals surface area contributed by atoms with E-state index in [2.05, 4.69) is 75.0 Å². The van der Waals surface area contributed by atoms with E-state index in [9.17, 15) is 0 Å². The van der Waals surface area contributed by atoms with Crippen LogP contribution in [0.4, 0.5) is 0 Å². The summed E-state index contributed by atoms with van der Waals surface area (Å²) in [5.74, 6) is -0.0972. The van der Waals surface area contributed by atoms with Crippen LogP contribution < -0.4 is 0 Å². The lowest BCUT2D eigenvalue weighted by Gasteiger charge is -2.60. The molecule has 0 heterocycles. The van der Waals surface area contributed by atoms with Crippen molar-refractivity contribution in [3.63, 3.8) is 0 Å². The van der Waals surface area contributed by atoms with Crippen LogP contribution in [0, 0.1) is 0 Å². The van der Waals surface area contributed by atoms with Gasteiger partial charge in [-0.1, -0.05) is 55.4 Å². The van der Waals surface area contributed by atoms with Crippen molar-refractivity contribution >= 4 is 0 Å². The molecule has 0 radical (unpaired) electrons. The second-order valence-electron chi connectivity index (χ2n) is 5.29. The second-order valence-corrected chi connectivity index (χ2v) is 5.29. The molecule has 0 unspecified atom stereocenters. The lowest BCUT2D eigenvalue weighted by Crippen LogP contribution is -2.77. The summed E-state index contributed by atoms with van der Waals surface area (Å²) >= 11 is 0. The summed E-state index contributed by atoms with van der Waals surface area (Å²) in [5.41, 5.74) is 0. The van der Waals surface area contributed by atoms with Crippen molar-refractivity contribution < 1.29 is 0 Å². The van der Waals surface area contributed by atoms with E-state index in [-0.39, 0.29) is 5.91 Å². The van der Waals surface area contributed by atoms with Gasteiger partial charge in [-0.3, -0.25) is 19.6 Å². The minimum atomic E-state index is -0.0972. The fraction of sp³-hybridized carbons (Fsp3) is 1.00. The molecular weight excluding hydrogens is 260 g/mol. The minimum Gasteiger partial charge on any atom is -0.260 e. The Labute approximate surface area is 134 Å². The molecule has 0 saturated carbocycles. The first-order valence-corrected chi connectivity index (χ1v) is 9.08. The van der Waals surface area contributed by atoms with Crippen LogP contribution in [0.25, 0.3) is 0 Å². The molecule has 0 atom stereocenters. The molecule has 0 amide bonds. The number of hydrogen-bond acceptors (Lipinski definition) is 4. The fourth-order valence-corrected chi connectivity index (χ4v) is 3.79. The number of hydrogen-bond donors (Lipinski definition) is 0. The van der Waals surface area contributed by atoms with Crippen LogP contribution in [0.5, 0.6) is 0 Å². The van der Waals surface area contributed by atoms with Gasteiger partial charge in [-0.25, -0.2) is 0 Å². The Morgan fingerprint density at radius 2 is 0.524 bits per heavy atom. The van der Waals surface area contributed by atoms with E-state index in [1.54, 1.807) is 0 Å². The van der Waals surface area contributed by atoms with Gasteiger partial charge in [-0.05, 0) is 52.4 Å². The zero-order chi connectivity index (χ0) is 16.5. The van der Waals surface area contributed by atoms with Crippen LogP contribution in [-0.2, 0) is 0 Å². The number of rotatable bonds is 12. The van der Waals surface area contributed by atoms with Gasteiger partial charge in [-0.15, -0.1) is 0 Å². The van der Waals surface area contributed by atoms with Crippen molar-refractivity contribution in [3.8, 4) is 0 Å². The summed E-state index contributed by atoms with van der Waals surface area (Å²) in [6.45, 7) is 26.8. The van der Waals surface area contributed by atoms with Crippen LogP contribution in [0.2, 0.25) is 0 Å². The molecule has 0 saturated heterocycles. The highest BCUT2D eigenvalue weighted by atomic mass is 15.7. The van der Waals surface area contributed by atoms with Crippen LogP contribution in [0.3, 0.4) is 0 Å². The van der Waals surface area contributed by atoms with Gasteiger partial charge in [-0.2, -0.15) is 0 Å². The van der Waals surface area contributed by atoms with Gasteiger partial charge in [0.25, 0.3) is 0 Å². The Kier molecular flexibility index (Phi) is 10.5. The maximum atomic E-state index is 2.62. The van der Waals surface area contributed by atoms with Gasteiger partial charge in [0.15, 0.2) is 5.91 Å². The Balaban J connectivity index is 6.15. The highest BCUT2D eigenvalue weighted by Crippen LogP contribution is 2.29. The van der Waals surface area contributed by atoms with Gasteiger partial charge in [0.1, 0.15) is 0 Å². The van der Waals surface area contributed by atoms with E-state index in [4.69, 9.17) is 0 Å². The maximum absolute atomic E-state index is 2.62. The van der Waals surface area contributed by atoms with Crippen LogP contribution in [-0.4, -0.2) is 77.9 Å². The van der Waals surface area contributed by atoms with Crippen molar-refractivity contribution in [2.24, 2.45) is 0 Å². The maximum Gasteiger partial charge on any atom is 0.191 e. The molecular formula is C17H40N4. The van der Waals surface area contributed by atoms with Gasteiger partial charge >= 0.3 is 0 Å². The minimum absolute atomic E-state index is 0.0972. The molecule has 0 aliphatic carbocycles. The Bertz CT molecular complexity index is 188. The van der Waals surface area contributed by atoms with Gasteiger partial charge in [0, 0.05) is 0 Å². The lowest BCUT2D eigenvalue weighted by atomic mass is 10.2. The molecule has 0 N–H and O–H groups in total. The van der Waals surface area contributed by atoms with E-state index in [0.29, 0.717) is 0 Å². The molecule has 4 heteroatoms. The lowest BCUT2D eigenvalue weighted by molar-refractivity contribution is -0.254. The first kappa shape index (κ1) is 20.8. The summed E-state index contributed by atoms with van der Waals surface area (Å²) in [4.78, 5) is 10.5. The predicted molar refractivity (Wildman–Crippen MR) is 94.4 cm³/mol. The Hall–Kier alpha value is -0.160. The third-order valence-corrected chi connectivity index (χ3v) is 4.75. The average molecular weight is 301 g/mol. The van der Waals surface area contributed by atoms with Crippen molar-refractivity contribution in [2.75, 3.05) is 52.4 Å². The second kappa shape index (κ2) is 10.5. The van der Waals surface area contributed by atoms with E-state index >= 15 is 0 Å². The van der Waals surface area contributed by atoms with Gasteiger partial charge in [0.05, 0.1) is 0 Å². The van der Waals surface area contributed by atoms with Crippen LogP contribution in [0.1, 0.15) is 55.4 Å². The Morgan fingerprint density at radius 3 is 0.619 bits per heavy atom. The normalized spacial score (nSPS) is 13.1. The van der Waals surface area contributed by atoms with Crippen LogP contribution in [0.15, 0.2) is 0 Å². The molecule has 21 heavy (non-hydrogen) atoms. The van der Waals surface area contributed by atoms with E-state index in [0.717, 1.165) is 52.4 Å². The molecule has 0 fully saturated rings. The zero-order valence-electron chi connectivity index (χ0n) is 15.9. The highest BCUT2D eigenvalue weighted by Gasteiger charge is 2.48. The molecule has 0 aromatic rings. The largest absolute Gasteiger partial charge is 0.260 e. The van der Waals surface area contributed by atoms with E-state index in [1.165, 1.54) is 0 Å². The smallest absolute Gasteiger partial charge is 0.191 e.